The lowest BCUT2D eigenvalue weighted by Gasteiger charge is -2.16. The molecule has 3 rings (SSSR count). The molecule has 2 aromatic heterocycles. The summed E-state index contributed by atoms with van der Waals surface area (Å²) >= 11 is 13.7. The molecule has 0 amide bonds. The van der Waals surface area contributed by atoms with E-state index in [1.807, 2.05) is 19.2 Å². The average molecular weight is 438 g/mol. The first-order chi connectivity index (χ1) is 13.3. The highest BCUT2D eigenvalue weighted by Gasteiger charge is 2.17. The third-order valence-corrected chi connectivity index (χ3v) is 6.80. The summed E-state index contributed by atoms with van der Waals surface area (Å²) in [6.07, 6.45) is 2.02. The summed E-state index contributed by atoms with van der Waals surface area (Å²) in [5, 5.41) is 1.85. The molecular formula is C21H25Cl2N3OS. The van der Waals surface area contributed by atoms with Gasteiger partial charge in [-0.05, 0) is 49.6 Å². The second kappa shape index (κ2) is 8.95. The van der Waals surface area contributed by atoms with Gasteiger partial charge < -0.3 is 4.98 Å². The highest BCUT2D eigenvalue weighted by molar-refractivity contribution is 7.18. The number of hydrogen-bond acceptors (Lipinski definition) is 4. The van der Waals surface area contributed by atoms with Gasteiger partial charge >= 0.3 is 0 Å². The van der Waals surface area contributed by atoms with Crippen LogP contribution in [0.25, 0.3) is 10.2 Å². The Morgan fingerprint density at radius 1 is 1.25 bits per heavy atom. The van der Waals surface area contributed by atoms with E-state index in [0.717, 1.165) is 34.2 Å². The van der Waals surface area contributed by atoms with Gasteiger partial charge in [-0.3, -0.25) is 9.69 Å². The molecule has 0 fully saturated rings. The summed E-state index contributed by atoms with van der Waals surface area (Å²) in [7, 11) is 1.99. The van der Waals surface area contributed by atoms with E-state index in [2.05, 4.69) is 30.7 Å². The number of halogens is 2. The smallest absolute Gasteiger partial charge is 0.259 e. The van der Waals surface area contributed by atoms with Crippen molar-refractivity contribution in [2.24, 2.45) is 5.92 Å². The van der Waals surface area contributed by atoms with E-state index in [0.29, 0.717) is 34.9 Å². The molecular weight excluding hydrogens is 413 g/mol. The van der Waals surface area contributed by atoms with E-state index in [1.54, 1.807) is 17.4 Å². The van der Waals surface area contributed by atoms with Gasteiger partial charge in [-0.2, -0.15) is 0 Å². The maximum atomic E-state index is 12.8. The normalized spacial score (nSPS) is 12.8. The van der Waals surface area contributed by atoms with Gasteiger partial charge in [-0.1, -0.05) is 49.5 Å². The minimum atomic E-state index is -0.0365. The minimum Gasteiger partial charge on any atom is -0.309 e. The molecule has 7 heteroatoms. The van der Waals surface area contributed by atoms with Crippen molar-refractivity contribution in [3.8, 4) is 0 Å². The SMILES string of the molecule is CC[C@@H](C)Cc1c(C)sc2nc(CN(C)Cc3ccc(Cl)c(Cl)c3)[nH]c(=O)c12. The lowest BCUT2D eigenvalue weighted by atomic mass is 9.98. The largest absolute Gasteiger partial charge is 0.309 e. The van der Waals surface area contributed by atoms with Gasteiger partial charge in [-0.15, -0.1) is 11.3 Å². The number of benzene rings is 1. The predicted molar refractivity (Wildman–Crippen MR) is 120 cm³/mol. The number of rotatable bonds is 7. The number of nitrogens with one attached hydrogen (secondary N) is 1. The number of thiophene rings is 1. The fourth-order valence-corrected chi connectivity index (χ4v) is 4.69. The first kappa shape index (κ1) is 21.3. The fourth-order valence-electron chi connectivity index (χ4n) is 3.29. The number of H-pyrrole nitrogens is 1. The third-order valence-electron chi connectivity index (χ3n) is 5.02. The summed E-state index contributed by atoms with van der Waals surface area (Å²) < 4.78 is 0. The van der Waals surface area contributed by atoms with E-state index >= 15 is 0 Å². The van der Waals surface area contributed by atoms with Crippen molar-refractivity contribution in [2.45, 2.75) is 46.7 Å². The monoisotopic (exact) mass is 437 g/mol. The first-order valence-electron chi connectivity index (χ1n) is 9.42. The topological polar surface area (TPSA) is 49.0 Å². The summed E-state index contributed by atoms with van der Waals surface area (Å²) in [6, 6.07) is 5.62. The second-order valence-electron chi connectivity index (χ2n) is 7.47. The number of aromatic amines is 1. The molecule has 0 radical (unpaired) electrons. The Morgan fingerprint density at radius 3 is 2.68 bits per heavy atom. The highest BCUT2D eigenvalue weighted by atomic mass is 35.5. The van der Waals surface area contributed by atoms with Crippen LogP contribution in [0, 0.1) is 12.8 Å². The van der Waals surface area contributed by atoms with Crippen LogP contribution in [0.2, 0.25) is 10.0 Å². The average Bonchev–Trinajstić information content (AvgIpc) is 2.93. The van der Waals surface area contributed by atoms with Crippen LogP contribution in [-0.2, 0) is 19.5 Å². The summed E-state index contributed by atoms with van der Waals surface area (Å²) in [4.78, 5) is 24.6. The van der Waals surface area contributed by atoms with Crippen LogP contribution in [0.4, 0.5) is 0 Å². The molecule has 0 aliphatic heterocycles. The van der Waals surface area contributed by atoms with Crippen LogP contribution in [-0.4, -0.2) is 21.9 Å². The van der Waals surface area contributed by atoms with Gasteiger partial charge in [0.15, 0.2) is 0 Å². The fraction of sp³-hybridized carbons (Fsp3) is 0.429. The summed E-state index contributed by atoms with van der Waals surface area (Å²) in [5.41, 5.74) is 2.17. The molecule has 1 N–H and O–H groups in total. The zero-order chi connectivity index (χ0) is 20.4. The lowest BCUT2D eigenvalue weighted by Crippen LogP contribution is -2.22. The number of nitrogens with zero attached hydrogens (tertiary/aromatic N) is 2. The quantitative estimate of drug-likeness (QED) is 0.506. The van der Waals surface area contributed by atoms with Crippen molar-refractivity contribution < 1.29 is 0 Å². The first-order valence-corrected chi connectivity index (χ1v) is 11.0. The van der Waals surface area contributed by atoms with Crippen molar-refractivity contribution in [1.29, 1.82) is 0 Å². The Morgan fingerprint density at radius 2 is 2.00 bits per heavy atom. The molecule has 0 aliphatic carbocycles. The van der Waals surface area contributed by atoms with Crippen LogP contribution < -0.4 is 5.56 Å². The van der Waals surface area contributed by atoms with E-state index in [-0.39, 0.29) is 5.56 Å². The van der Waals surface area contributed by atoms with E-state index < -0.39 is 0 Å². The molecule has 150 valence electrons. The molecule has 0 aliphatic rings. The maximum absolute atomic E-state index is 12.8. The number of fused-ring (bicyclic) bond motifs is 1. The van der Waals surface area contributed by atoms with Gasteiger partial charge in [0, 0.05) is 11.4 Å². The molecule has 1 aromatic carbocycles. The van der Waals surface area contributed by atoms with E-state index in [1.165, 1.54) is 4.88 Å². The summed E-state index contributed by atoms with van der Waals surface area (Å²) in [6.45, 7) is 7.71. The Kier molecular flexibility index (Phi) is 6.81. The van der Waals surface area contributed by atoms with Gasteiger partial charge in [0.25, 0.3) is 5.56 Å². The number of aryl methyl sites for hydroxylation is 1. The molecule has 0 bridgehead atoms. The minimum absolute atomic E-state index is 0.0365. The Hall–Kier alpha value is -1.40. The van der Waals surface area contributed by atoms with Crippen molar-refractivity contribution in [2.75, 3.05) is 7.05 Å². The van der Waals surface area contributed by atoms with Crippen molar-refractivity contribution in [1.82, 2.24) is 14.9 Å². The number of hydrogen-bond donors (Lipinski definition) is 1. The van der Waals surface area contributed by atoms with Crippen molar-refractivity contribution in [3.63, 3.8) is 0 Å². The standard InChI is InChI=1S/C21H25Cl2N3OS/c1-5-12(2)8-15-13(3)28-21-19(15)20(27)24-18(25-21)11-26(4)10-14-6-7-16(22)17(23)9-14/h6-7,9,12H,5,8,10-11H2,1-4H3,(H,24,25,27)/t12-/m1/s1. The Bertz CT molecular complexity index is 1040. The lowest BCUT2D eigenvalue weighted by molar-refractivity contribution is 0.311. The molecule has 3 aromatic rings. The van der Waals surface area contributed by atoms with Crippen LogP contribution in [0.15, 0.2) is 23.0 Å². The van der Waals surface area contributed by atoms with Gasteiger partial charge in [0.1, 0.15) is 10.7 Å². The van der Waals surface area contributed by atoms with Gasteiger partial charge in [-0.25, -0.2) is 4.98 Å². The molecule has 4 nitrogen and oxygen atoms in total. The van der Waals surface area contributed by atoms with Crippen LogP contribution in [0.5, 0.6) is 0 Å². The van der Waals surface area contributed by atoms with E-state index in [9.17, 15) is 4.79 Å². The molecule has 0 saturated carbocycles. The second-order valence-corrected chi connectivity index (χ2v) is 9.49. The van der Waals surface area contributed by atoms with Crippen molar-refractivity contribution >= 4 is 44.8 Å². The van der Waals surface area contributed by atoms with Gasteiger partial charge in [0.2, 0.25) is 0 Å². The molecule has 28 heavy (non-hydrogen) atoms. The molecule has 2 heterocycles. The van der Waals surface area contributed by atoms with Gasteiger partial charge in [0.05, 0.1) is 22.0 Å². The Labute approximate surface area is 179 Å². The molecule has 0 unspecified atom stereocenters. The molecule has 1 atom stereocenters. The number of aromatic nitrogens is 2. The third kappa shape index (κ3) is 4.77. The van der Waals surface area contributed by atoms with Crippen LogP contribution in [0.3, 0.4) is 0 Å². The molecule has 0 saturated heterocycles. The van der Waals surface area contributed by atoms with Crippen LogP contribution >= 0.6 is 34.5 Å². The molecule has 0 spiro atoms. The van der Waals surface area contributed by atoms with E-state index in [4.69, 9.17) is 28.2 Å². The predicted octanol–water partition coefficient (Wildman–Crippen LogP) is 5.82. The zero-order valence-electron chi connectivity index (χ0n) is 16.6. The maximum Gasteiger partial charge on any atom is 0.259 e. The van der Waals surface area contributed by atoms with Crippen LogP contribution in [0.1, 0.15) is 42.1 Å². The zero-order valence-corrected chi connectivity index (χ0v) is 18.9. The van der Waals surface area contributed by atoms with Crippen molar-refractivity contribution in [3.05, 3.63) is 60.4 Å². The Balaban J connectivity index is 1.82. The highest BCUT2D eigenvalue weighted by Crippen LogP contribution is 2.29. The summed E-state index contributed by atoms with van der Waals surface area (Å²) in [5.74, 6) is 1.23.